The fourth-order valence-corrected chi connectivity index (χ4v) is 3.45. The standard InChI is InChI=1S/C15H22N4O/c16-8-10-4-2-6-13(10)19-15-11(14(17)20)7-9-3-1-5-12(9)18-15/h7,10,13H,1-6,8,16H2,(H2,17,20)(H,18,19). The van der Waals surface area contributed by atoms with Gasteiger partial charge in [0.05, 0.1) is 5.56 Å². The zero-order chi connectivity index (χ0) is 14.1. The Morgan fingerprint density at radius 3 is 2.95 bits per heavy atom. The molecule has 0 bridgehead atoms. The molecule has 1 aromatic rings. The highest BCUT2D eigenvalue weighted by molar-refractivity contribution is 5.97. The van der Waals surface area contributed by atoms with Crippen LogP contribution in [-0.2, 0) is 12.8 Å². The number of aryl methyl sites for hydroxylation is 2. The maximum absolute atomic E-state index is 11.7. The summed E-state index contributed by atoms with van der Waals surface area (Å²) in [7, 11) is 0. The van der Waals surface area contributed by atoms with Gasteiger partial charge in [-0.05, 0) is 56.2 Å². The fraction of sp³-hybridized carbons (Fsp3) is 0.600. The van der Waals surface area contributed by atoms with E-state index in [1.165, 1.54) is 12.0 Å². The number of pyridine rings is 1. The van der Waals surface area contributed by atoms with Crippen LogP contribution in [0.1, 0.15) is 47.3 Å². The molecule has 2 aliphatic carbocycles. The van der Waals surface area contributed by atoms with Crippen LogP contribution in [0.15, 0.2) is 6.07 Å². The lowest BCUT2D eigenvalue weighted by molar-refractivity contribution is 0.100. The molecule has 1 aromatic heterocycles. The molecule has 5 N–H and O–H groups in total. The number of rotatable bonds is 4. The Morgan fingerprint density at radius 1 is 1.35 bits per heavy atom. The van der Waals surface area contributed by atoms with Crippen LogP contribution in [0.4, 0.5) is 5.82 Å². The van der Waals surface area contributed by atoms with Crippen molar-refractivity contribution < 1.29 is 4.79 Å². The van der Waals surface area contributed by atoms with E-state index in [2.05, 4.69) is 10.3 Å². The maximum atomic E-state index is 11.7. The number of amides is 1. The zero-order valence-corrected chi connectivity index (χ0v) is 11.7. The van der Waals surface area contributed by atoms with Gasteiger partial charge in [-0.2, -0.15) is 0 Å². The molecule has 2 unspecified atom stereocenters. The summed E-state index contributed by atoms with van der Waals surface area (Å²) in [4.78, 5) is 16.3. The molecule has 0 radical (unpaired) electrons. The summed E-state index contributed by atoms with van der Waals surface area (Å²) >= 11 is 0. The van der Waals surface area contributed by atoms with Crippen molar-refractivity contribution in [3.05, 3.63) is 22.9 Å². The van der Waals surface area contributed by atoms with Crippen molar-refractivity contribution in [3.8, 4) is 0 Å². The Labute approximate surface area is 119 Å². The molecule has 0 aliphatic heterocycles. The Kier molecular flexibility index (Phi) is 3.61. The van der Waals surface area contributed by atoms with E-state index in [-0.39, 0.29) is 0 Å². The summed E-state index contributed by atoms with van der Waals surface area (Å²) in [5.41, 5.74) is 14.1. The van der Waals surface area contributed by atoms with E-state index >= 15 is 0 Å². The molecular formula is C15H22N4O. The normalized spacial score (nSPS) is 24.6. The summed E-state index contributed by atoms with van der Waals surface area (Å²) in [5.74, 6) is 0.714. The summed E-state index contributed by atoms with van der Waals surface area (Å²) in [6.45, 7) is 0.675. The van der Waals surface area contributed by atoms with E-state index in [9.17, 15) is 4.79 Å². The van der Waals surface area contributed by atoms with Gasteiger partial charge < -0.3 is 16.8 Å². The van der Waals surface area contributed by atoms with Crippen LogP contribution >= 0.6 is 0 Å². The number of fused-ring (bicyclic) bond motifs is 1. The molecule has 1 amide bonds. The van der Waals surface area contributed by atoms with E-state index < -0.39 is 5.91 Å². The molecule has 20 heavy (non-hydrogen) atoms. The van der Waals surface area contributed by atoms with E-state index in [1.54, 1.807) is 0 Å². The highest BCUT2D eigenvalue weighted by atomic mass is 16.1. The summed E-state index contributed by atoms with van der Waals surface area (Å²) in [6.07, 6.45) is 6.50. The first-order valence-corrected chi connectivity index (χ1v) is 7.48. The summed E-state index contributed by atoms with van der Waals surface area (Å²) in [5, 5.41) is 3.43. The number of hydrogen-bond donors (Lipinski definition) is 3. The molecule has 1 saturated carbocycles. The van der Waals surface area contributed by atoms with Crippen LogP contribution in [0.5, 0.6) is 0 Å². The maximum Gasteiger partial charge on any atom is 0.252 e. The van der Waals surface area contributed by atoms with E-state index in [0.29, 0.717) is 29.9 Å². The van der Waals surface area contributed by atoms with Gasteiger partial charge in [0.25, 0.3) is 5.91 Å². The molecule has 5 nitrogen and oxygen atoms in total. The van der Waals surface area contributed by atoms with Gasteiger partial charge in [0, 0.05) is 11.7 Å². The third kappa shape index (κ3) is 2.38. The molecule has 0 spiro atoms. The molecule has 108 valence electrons. The van der Waals surface area contributed by atoms with Crippen LogP contribution in [0.25, 0.3) is 0 Å². The number of anilines is 1. The average molecular weight is 274 g/mol. The second-order valence-corrected chi connectivity index (χ2v) is 5.89. The smallest absolute Gasteiger partial charge is 0.252 e. The third-order valence-corrected chi connectivity index (χ3v) is 4.60. The van der Waals surface area contributed by atoms with E-state index in [1.807, 2.05) is 6.07 Å². The fourth-order valence-electron chi connectivity index (χ4n) is 3.45. The minimum atomic E-state index is -0.406. The van der Waals surface area contributed by atoms with Gasteiger partial charge >= 0.3 is 0 Å². The lowest BCUT2D eigenvalue weighted by atomic mass is 10.0. The van der Waals surface area contributed by atoms with Gasteiger partial charge in [-0.3, -0.25) is 4.79 Å². The van der Waals surface area contributed by atoms with Crippen LogP contribution in [0.2, 0.25) is 0 Å². The molecule has 3 rings (SSSR count). The van der Waals surface area contributed by atoms with E-state index in [0.717, 1.165) is 37.8 Å². The number of hydrogen-bond acceptors (Lipinski definition) is 4. The SMILES string of the molecule is NCC1CCCC1Nc1nc2c(cc1C(N)=O)CCC2. The molecule has 1 fully saturated rings. The molecule has 1 heterocycles. The van der Waals surface area contributed by atoms with Crippen molar-refractivity contribution in [2.24, 2.45) is 17.4 Å². The number of carbonyl (C=O) groups is 1. The van der Waals surface area contributed by atoms with Gasteiger partial charge in [-0.15, -0.1) is 0 Å². The first-order valence-electron chi connectivity index (χ1n) is 7.48. The van der Waals surface area contributed by atoms with Crippen LogP contribution in [0, 0.1) is 5.92 Å². The first-order chi connectivity index (χ1) is 9.69. The van der Waals surface area contributed by atoms with Gasteiger partial charge in [0.1, 0.15) is 5.82 Å². The second-order valence-electron chi connectivity index (χ2n) is 5.89. The zero-order valence-electron chi connectivity index (χ0n) is 11.7. The number of nitrogens with one attached hydrogen (secondary N) is 1. The predicted octanol–water partition coefficient (Wildman–Crippen LogP) is 1.21. The third-order valence-electron chi connectivity index (χ3n) is 4.60. The monoisotopic (exact) mass is 274 g/mol. The lowest BCUT2D eigenvalue weighted by Crippen LogP contribution is -2.31. The molecule has 2 aliphatic rings. The van der Waals surface area contributed by atoms with Crippen molar-refractivity contribution in [2.75, 3.05) is 11.9 Å². The summed E-state index contributed by atoms with van der Waals surface area (Å²) in [6, 6.07) is 2.23. The van der Waals surface area contributed by atoms with Gasteiger partial charge in [-0.25, -0.2) is 4.98 Å². The first kappa shape index (κ1) is 13.4. The minimum absolute atomic E-state index is 0.310. The number of carbonyl (C=O) groups excluding carboxylic acids is 1. The number of primary amides is 1. The molecule has 0 aromatic carbocycles. The van der Waals surface area contributed by atoms with Crippen LogP contribution in [-0.4, -0.2) is 23.5 Å². The van der Waals surface area contributed by atoms with Crippen molar-refractivity contribution in [3.63, 3.8) is 0 Å². The molecule has 0 saturated heterocycles. The summed E-state index contributed by atoms with van der Waals surface area (Å²) < 4.78 is 0. The van der Waals surface area contributed by atoms with Crippen molar-refractivity contribution in [1.29, 1.82) is 0 Å². The van der Waals surface area contributed by atoms with Gasteiger partial charge in [0.2, 0.25) is 0 Å². The Morgan fingerprint density at radius 2 is 2.20 bits per heavy atom. The van der Waals surface area contributed by atoms with Gasteiger partial charge in [0.15, 0.2) is 0 Å². The molecule has 2 atom stereocenters. The Hall–Kier alpha value is -1.62. The molecule has 5 heteroatoms. The quantitative estimate of drug-likeness (QED) is 0.769. The number of nitrogens with zero attached hydrogens (tertiary/aromatic N) is 1. The second kappa shape index (κ2) is 5.40. The Balaban J connectivity index is 1.90. The van der Waals surface area contributed by atoms with Crippen LogP contribution in [0.3, 0.4) is 0 Å². The highest BCUT2D eigenvalue weighted by Gasteiger charge is 2.28. The average Bonchev–Trinajstić information content (AvgIpc) is 3.05. The van der Waals surface area contributed by atoms with E-state index in [4.69, 9.17) is 11.5 Å². The van der Waals surface area contributed by atoms with Crippen LogP contribution < -0.4 is 16.8 Å². The minimum Gasteiger partial charge on any atom is -0.366 e. The topological polar surface area (TPSA) is 94.0 Å². The largest absolute Gasteiger partial charge is 0.366 e. The van der Waals surface area contributed by atoms with Crippen molar-refractivity contribution >= 4 is 11.7 Å². The number of nitrogens with two attached hydrogens (primary N) is 2. The highest BCUT2D eigenvalue weighted by Crippen LogP contribution is 2.30. The number of aromatic nitrogens is 1. The van der Waals surface area contributed by atoms with Crippen molar-refractivity contribution in [1.82, 2.24) is 4.98 Å². The molecular weight excluding hydrogens is 252 g/mol. The van der Waals surface area contributed by atoms with Gasteiger partial charge in [-0.1, -0.05) is 6.42 Å². The lowest BCUT2D eigenvalue weighted by Gasteiger charge is -2.21. The van der Waals surface area contributed by atoms with Crippen molar-refractivity contribution in [2.45, 2.75) is 44.6 Å². The predicted molar refractivity (Wildman–Crippen MR) is 78.6 cm³/mol. The Bertz CT molecular complexity index is 529.